The van der Waals surface area contributed by atoms with E-state index in [4.69, 9.17) is 0 Å². The van der Waals surface area contributed by atoms with Gasteiger partial charge in [-0.1, -0.05) is 46.1 Å². The van der Waals surface area contributed by atoms with Crippen molar-refractivity contribution in [3.8, 4) is 11.4 Å². The summed E-state index contributed by atoms with van der Waals surface area (Å²) in [6.07, 6.45) is 9.48. The third kappa shape index (κ3) is 4.47. The van der Waals surface area contributed by atoms with E-state index < -0.39 is 0 Å². The first-order valence-corrected chi connectivity index (χ1v) is 12.8. The fourth-order valence-corrected chi connectivity index (χ4v) is 5.82. The van der Waals surface area contributed by atoms with Crippen molar-refractivity contribution in [3.05, 3.63) is 35.5 Å². The number of carbonyl (C=O) groups excluding carboxylic acids is 1. The largest absolute Gasteiger partial charge is 0.353 e. The summed E-state index contributed by atoms with van der Waals surface area (Å²) in [5, 5.41) is 8.99. The molecule has 1 aromatic carbocycles. The lowest BCUT2D eigenvalue weighted by atomic mass is 9.79. The average Bonchev–Trinajstić information content (AvgIpc) is 3.48. The number of aryl methyl sites for hydroxylation is 1. The molecule has 5 rings (SSSR count). The molecule has 33 heavy (non-hydrogen) atoms. The number of rotatable bonds is 5. The second-order valence-electron chi connectivity index (χ2n) is 11.5. The van der Waals surface area contributed by atoms with Crippen LogP contribution >= 0.6 is 0 Å². The molecular formula is C28H38N4O. The van der Waals surface area contributed by atoms with Gasteiger partial charge in [0.25, 0.3) is 0 Å². The minimum absolute atomic E-state index is 0.220. The lowest BCUT2D eigenvalue weighted by Crippen LogP contribution is -2.30. The maximum atomic E-state index is 13.3. The maximum absolute atomic E-state index is 13.3. The lowest BCUT2D eigenvalue weighted by Gasteiger charge is -2.26. The van der Waals surface area contributed by atoms with Crippen LogP contribution in [0.5, 0.6) is 0 Å². The van der Waals surface area contributed by atoms with Crippen molar-refractivity contribution in [2.45, 2.75) is 79.1 Å². The van der Waals surface area contributed by atoms with Crippen molar-refractivity contribution in [2.24, 2.45) is 17.3 Å². The third-order valence-corrected chi connectivity index (χ3v) is 7.84. The topological polar surface area (TPSA) is 64.8 Å². The number of benzene rings is 1. The Morgan fingerprint density at radius 2 is 1.88 bits per heavy atom. The summed E-state index contributed by atoms with van der Waals surface area (Å²) < 4.78 is 0. The van der Waals surface area contributed by atoms with Crippen molar-refractivity contribution in [2.75, 3.05) is 11.4 Å². The fraction of sp³-hybridized carbons (Fsp3) is 0.571. The molecule has 0 radical (unpaired) electrons. The first kappa shape index (κ1) is 22.2. The molecule has 5 nitrogen and oxygen atoms in total. The van der Waals surface area contributed by atoms with E-state index in [0.29, 0.717) is 11.8 Å². The second-order valence-corrected chi connectivity index (χ2v) is 11.5. The molecule has 1 saturated heterocycles. The Morgan fingerprint density at radius 3 is 2.64 bits per heavy atom. The van der Waals surface area contributed by atoms with Crippen molar-refractivity contribution >= 4 is 22.5 Å². The van der Waals surface area contributed by atoms with E-state index in [1.807, 2.05) is 4.90 Å². The highest BCUT2D eigenvalue weighted by Crippen LogP contribution is 2.38. The summed E-state index contributed by atoms with van der Waals surface area (Å²) in [6, 6.07) is 8.58. The molecule has 5 heteroatoms. The van der Waals surface area contributed by atoms with Gasteiger partial charge in [-0.25, -0.2) is 0 Å². The Labute approximate surface area is 197 Å². The van der Waals surface area contributed by atoms with Gasteiger partial charge in [-0.3, -0.25) is 9.89 Å². The molecule has 1 unspecified atom stereocenters. The first-order chi connectivity index (χ1) is 15.8. The van der Waals surface area contributed by atoms with E-state index in [-0.39, 0.29) is 11.3 Å². The Kier molecular flexibility index (Phi) is 5.84. The van der Waals surface area contributed by atoms with Crippen molar-refractivity contribution in [3.63, 3.8) is 0 Å². The molecule has 2 aromatic heterocycles. The van der Waals surface area contributed by atoms with Gasteiger partial charge in [0.15, 0.2) is 0 Å². The molecule has 0 bridgehead atoms. The molecule has 2 fully saturated rings. The van der Waals surface area contributed by atoms with E-state index in [1.54, 1.807) is 0 Å². The van der Waals surface area contributed by atoms with Gasteiger partial charge in [0.1, 0.15) is 5.69 Å². The lowest BCUT2D eigenvalue weighted by molar-refractivity contribution is -0.122. The summed E-state index contributed by atoms with van der Waals surface area (Å²) in [6.45, 7) is 9.80. The van der Waals surface area contributed by atoms with Crippen LogP contribution in [0.3, 0.4) is 0 Å². The van der Waals surface area contributed by atoms with Crippen LogP contribution in [0.4, 0.5) is 5.69 Å². The number of anilines is 1. The number of nitrogens with one attached hydrogen (secondary N) is 2. The van der Waals surface area contributed by atoms with Crippen LogP contribution in [-0.2, 0) is 11.2 Å². The Hall–Kier alpha value is -2.56. The Bertz CT molecular complexity index is 1140. The number of carbonyl (C=O) groups is 1. The smallest absolute Gasteiger partial charge is 0.230 e. The van der Waals surface area contributed by atoms with Gasteiger partial charge < -0.3 is 9.88 Å². The summed E-state index contributed by atoms with van der Waals surface area (Å²) in [4.78, 5) is 18.9. The minimum Gasteiger partial charge on any atom is -0.353 e. The molecule has 3 aromatic rings. The monoisotopic (exact) mass is 446 g/mol. The predicted octanol–water partition coefficient (Wildman–Crippen LogP) is 6.78. The van der Waals surface area contributed by atoms with Gasteiger partial charge in [0.2, 0.25) is 5.91 Å². The number of aromatic nitrogens is 3. The maximum Gasteiger partial charge on any atom is 0.230 e. The van der Waals surface area contributed by atoms with Crippen LogP contribution in [0.25, 0.3) is 22.3 Å². The number of hydrogen-bond acceptors (Lipinski definition) is 2. The highest BCUT2D eigenvalue weighted by molar-refractivity contribution is 5.99. The fourth-order valence-electron chi connectivity index (χ4n) is 5.82. The molecular weight excluding hydrogens is 408 g/mol. The molecule has 1 atom stereocenters. The predicted molar refractivity (Wildman–Crippen MR) is 135 cm³/mol. The number of H-pyrrole nitrogens is 2. The number of hydrogen-bond donors (Lipinski definition) is 2. The average molecular weight is 447 g/mol. The van der Waals surface area contributed by atoms with Crippen molar-refractivity contribution in [1.82, 2.24) is 15.2 Å². The van der Waals surface area contributed by atoms with Gasteiger partial charge in [-0.2, -0.15) is 5.10 Å². The summed E-state index contributed by atoms with van der Waals surface area (Å²) in [5.74, 6) is 1.14. The van der Waals surface area contributed by atoms with Crippen molar-refractivity contribution in [1.29, 1.82) is 0 Å². The van der Waals surface area contributed by atoms with E-state index in [9.17, 15) is 4.79 Å². The second kappa shape index (κ2) is 8.66. The third-order valence-electron chi connectivity index (χ3n) is 7.84. The van der Waals surface area contributed by atoms with Gasteiger partial charge in [0.05, 0.1) is 5.69 Å². The quantitative estimate of drug-likeness (QED) is 0.454. The van der Waals surface area contributed by atoms with Gasteiger partial charge >= 0.3 is 0 Å². The highest BCUT2D eigenvalue weighted by Gasteiger charge is 2.38. The molecule has 1 saturated carbocycles. The zero-order valence-corrected chi connectivity index (χ0v) is 20.6. The van der Waals surface area contributed by atoms with Crippen LogP contribution in [0, 0.1) is 24.2 Å². The molecule has 2 N–H and O–H groups in total. The summed E-state index contributed by atoms with van der Waals surface area (Å²) in [5.41, 5.74) is 6.87. The van der Waals surface area contributed by atoms with Crippen LogP contribution < -0.4 is 4.90 Å². The van der Waals surface area contributed by atoms with E-state index in [2.05, 4.69) is 67.1 Å². The molecule has 176 valence electrons. The molecule has 1 amide bonds. The zero-order valence-electron chi connectivity index (χ0n) is 20.6. The van der Waals surface area contributed by atoms with E-state index in [1.165, 1.54) is 37.7 Å². The standard InChI is InChI=1S/C28H38N4O/c1-18-22(12-14-28(2,3)4)26(31-30-18)25-16-20-10-11-21(17-24(20)29-25)32-15-13-23(27(32)33)19-8-6-5-7-9-19/h10-11,16-17,19,23,29H,5-9,12-15H2,1-4H3,(H,30,31). The molecule has 0 spiro atoms. The van der Waals surface area contributed by atoms with E-state index >= 15 is 0 Å². The van der Waals surface area contributed by atoms with E-state index in [0.717, 1.165) is 59.5 Å². The molecule has 1 aliphatic heterocycles. The van der Waals surface area contributed by atoms with Crippen LogP contribution in [0.1, 0.15) is 77.0 Å². The summed E-state index contributed by atoms with van der Waals surface area (Å²) in [7, 11) is 0. The van der Waals surface area contributed by atoms with Crippen LogP contribution in [0.15, 0.2) is 24.3 Å². The van der Waals surface area contributed by atoms with Gasteiger partial charge in [0, 0.05) is 40.3 Å². The van der Waals surface area contributed by atoms with Crippen LogP contribution in [-0.4, -0.2) is 27.6 Å². The number of fused-ring (bicyclic) bond motifs is 1. The normalized spacial score (nSPS) is 20.3. The SMILES string of the molecule is Cc1[nH]nc(-c2cc3ccc(N4CCC(C5CCCCC5)C4=O)cc3[nH]2)c1CCC(C)(C)C. The van der Waals surface area contributed by atoms with Crippen LogP contribution in [0.2, 0.25) is 0 Å². The highest BCUT2D eigenvalue weighted by atomic mass is 16.2. The Morgan fingerprint density at radius 1 is 1.09 bits per heavy atom. The molecule has 1 aliphatic carbocycles. The van der Waals surface area contributed by atoms with Gasteiger partial charge in [-0.05, 0) is 68.6 Å². The minimum atomic E-state index is 0.220. The van der Waals surface area contributed by atoms with Crippen molar-refractivity contribution < 1.29 is 4.79 Å². The number of amides is 1. The zero-order chi connectivity index (χ0) is 23.2. The summed E-state index contributed by atoms with van der Waals surface area (Å²) >= 11 is 0. The molecule has 2 aliphatic rings. The first-order valence-electron chi connectivity index (χ1n) is 12.8. The van der Waals surface area contributed by atoms with Gasteiger partial charge in [-0.15, -0.1) is 0 Å². The Balaban J connectivity index is 1.39. The molecule has 3 heterocycles. The number of nitrogens with zero attached hydrogens (tertiary/aromatic N) is 2. The number of aromatic amines is 2.